The minimum absolute atomic E-state index is 0.0231. The van der Waals surface area contributed by atoms with Gasteiger partial charge in [0.2, 0.25) is 5.88 Å². The molecule has 0 bridgehead atoms. The Morgan fingerprint density at radius 2 is 2.30 bits per heavy atom. The Balaban J connectivity index is 3.34. The summed E-state index contributed by atoms with van der Waals surface area (Å²) in [4.78, 5) is 11.0. The van der Waals surface area contributed by atoms with Crippen LogP contribution in [0.25, 0.3) is 0 Å². The molecule has 0 fully saturated rings. The van der Waals surface area contributed by atoms with E-state index >= 15 is 0 Å². The van der Waals surface area contributed by atoms with Gasteiger partial charge in [0, 0.05) is 13.6 Å². The average Bonchev–Trinajstić information content (AvgIpc) is 2.09. The van der Waals surface area contributed by atoms with Crippen LogP contribution in [0.2, 0.25) is 0 Å². The third kappa shape index (κ3) is 0.814. The fourth-order valence-corrected chi connectivity index (χ4v) is 0.884. The molecular weight excluding hydrogens is 132 g/mol. The average molecular weight is 142 g/mol. The van der Waals surface area contributed by atoms with Crippen LogP contribution in [0.1, 0.15) is 6.92 Å². The molecule has 0 aliphatic heterocycles. The minimum atomic E-state index is -0.181. The van der Waals surface area contributed by atoms with E-state index in [9.17, 15) is 4.79 Å². The molecule has 1 N–H and O–H groups in total. The molecule has 1 aromatic heterocycles. The van der Waals surface area contributed by atoms with Gasteiger partial charge in [-0.05, 0) is 6.92 Å². The van der Waals surface area contributed by atoms with Gasteiger partial charge >= 0.3 is 5.69 Å². The lowest BCUT2D eigenvalue weighted by molar-refractivity contribution is 0.418. The Hall–Kier alpha value is -1.19. The van der Waals surface area contributed by atoms with Gasteiger partial charge in [0.25, 0.3) is 0 Å². The van der Waals surface area contributed by atoms with Gasteiger partial charge in [-0.1, -0.05) is 0 Å². The van der Waals surface area contributed by atoms with Gasteiger partial charge in [-0.15, -0.1) is 0 Å². The van der Waals surface area contributed by atoms with Gasteiger partial charge in [0.1, 0.15) is 0 Å². The highest BCUT2D eigenvalue weighted by atomic mass is 16.3. The second-order valence-electron chi connectivity index (χ2n) is 2.13. The summed E-state index contributed by atoms with van der Waals surface area (Å²) in [5.41, 5.74) is -0.181. The highest BCUT2D eigenvalue weighted by molar-refractivity contribution is 5.04. The Labute approximate surface area is 58.3 Å². The molecule has 0 spiro atoms. The molecule has 56 valence electrons. The van der Waals surface area contributed by atoms with Crippen LogP contribution in [0.15, 0.2) is 11.0 Å². The van der Waals surface area contributed by atoms with E-state index in [1.807, 2.05) is 0 Å². The van der Waals surface area contributed by atoms with Crippen molar-refractivity contribution in [3.05, 3.63) is 16.7 Å². The van der Waals surface area contributed by atoms with Crippen molar-refractivity contribution >= 4 is 0 Å². The van der Waals surface area contributed by atoms with Crippen molar-refractivity contribution in [3.8, 4) is 5.88 Å². The highest BCUT2D eigenvalue weighted by Crippen LogP contribution is 2.02. The molecule has 1 aromatic rings. The molecule has 0 aliphatic carbocycles. The van der Waals surface area contributed by atoms with E-state index in [1.54, 1.807) is 14.0 Å². The summed E-state index contributed by atoms with van der Waals surface area (Å²) in [5, 5.41) is 9.05. The quantitative estimate of drug-likeness (QED) is 0.595. The number of aryl methyl sites for hydroxylation is 1. The van der Waals surface area contributed by atoms with Crippen LogP contribution in [-0.2, 0) is 13.6 Å². The van der Waals surface area contributed by atoms with Crippen LogP contribution < -0.4 is 5.69 Å². The molecule has 0 unspecified atom stereocenters. The Morgan fingerprint density at radius 3 is 2.50 bits per heavy atom. The van der Waals surface area contributed by atoms with Crippen LogP contribution in [0.3, 0.4) is 0 Å². The van der Waals surface area contributed by atoms with Crippen molar-refractivity contribution < 1.29 is 5.11 Å². The Kier molecular flexibility index (Phi) is 1.53. The highest BCUT2D eigenvalue weighted by Gasteiger charge is 2.03. The summed E-state index contributed by atoms with van der Waals surface area (Å²) in [6.45, 7) is 2.31. The summed E-state index contributed by atoms with van der Waals surface area (Å²) in [6.07, 6.45) is 1.39. The first-order valence-corrected chi connectivity index (χ1v) is 3.12. The number of hydrogen-bond donors (Lipinski definition) is 1. The standard InChI is InChI=1S/C6H10N2O2/c1-3-8-5(9)4-7(2)6(8)10/h4,9H,3H2,1-2H3. The van der Waals surface area contributed by atoms with E-state index in [4.69, 9.17) is 5.11 Å². The van der Waals surface area contributed by atoms with Crippen molar-refractivity contribution in [2.24, 2.45) is 7.05 Å². The number of hydrogen-bond acceptors (Lipinski definition) is 2. The van der Waals surface area contributed by atoms with Crippen molar-refractivity contribution in [3.63, 3.8) is 0 Å². The third-order valence-corrected chi connectivity index (χ3v) is 1.43. The van der Waals surface area contributed by atoms with Gasteiger partial charge in [0.05, 0.1) is 6.20 Å². The Morgan fingerprint density at radius 1 is 1.70 bits per heavy atom. The van der Waals surface area contributed by atoms with E-state index in [1.165, 1.54) is 15.3 Å². The molecule has 0 saturated carbocycles. The lowest BCUT2D eigenvalue weighted by atomic mass is 10.7. The van der Waals surface area contributed by atoms with Crippen LogP contribution in [-0.4, -0.2) is 14.2 Å². The van der Waals surface area contributed by atoms with E-state index in [-0.39, 0.29) is 11.6 Å². The van der Waals surface area contributed by atoms with Gasteiger partial charge in [0.15, 0.2) is 0 Å². The lowest BCUT2D eigenvalue weighted by Gasteiger charge is -1.93. The van der Waals surface area contributed by atoms with Crippen LogP contribution in [0, 0.1) is 0 Å². The van der Waals surface area contributed by atoms with E-state index in [0.29, 0.717) is 6.54 Å². The fraction of sp³-hybridized carbons (Fsp3) is 0.500. The smallest absolute Gasteiger partial charge is 0.330 e. The second-order valence-corrected chi connectivity index (χ2v) is 2.13. The zero-order chi connectivity index (χ0) is 7.72. The third-order valence-electron chi connectivity index (χ3n) is 1.43. The molecule has 1 rings (SSSR count). The zero-order valence-electron chi connectivity index (χ0n) is 6.03. The monoisotopic (exact) mass is 142 g/mol. The summed E-state index contributed by atoms with van der Waals surface area (Å²) < 4.78 is 2.64. The molecule has 0 amide bonds. The number of imidazole rings is 1. The van der Waals surface area contributed by atoms with Crippen LogP contribution in [0.5, 0.6) is 5.88 Å². The van der Waals surface area contributed by atoms with Crippen molar-refractivity contribution in [1.29, 1.82) is 0 Å². The first-order valence-electron chi connectivity index (χ1n) is 3.12. The van der Waals surface area contributed by atoms with E-state index in [2.05, 4.69) is 0 Å². The number of aromatic hydroxyl groups is 1. The summed E-state index contributed by atoms with van der Waals surface area (Å²) in [5.74, 6) is 0.0231. The number of rotatable bonds is 1. The van der Waals surface area contributed by atoms with Crippen molar-refractivity contribution in [1.82, 2.24) is 9.13 Å². The summed E-state index contributed by atoms with van der Waals surface area (Å²) >= 11 is 0. The maximum atomic E-state index is 11.0. The predicted molar refractivity (Wildman–Crippen MR) is 37.0 cm³/mol. The zero-order valence-corrected chi connectivity index (χ0v) is 6.03. The van der Waals surface area contributed by atoms with E-state index in [0.717, 1.165) is 0 Å². The second kappa shape index (κ2) is 2.21. The molecule has 0 radical (unpaired) electrons. The molecule has 0 aromatic carbocycles. The molecule has 10 heavy (non-hydrogen) atoms. The van der Waals surface area contributed by atoms with Gasteiger partial charge in [-0.2, -0.15) is 0 Å². The predicted octanol–water partition coefficient (Wildman–Crippen LogP) is -0.0877. The van der Waals surface area contributed by atoms with Gasteiger partial charge in [-0.25, -0.2) is 4.79 Å². The molecule has 1 heterocycles. The number of nitrogens with zero attached hydrogens (tertiary/aromatic N) is 2. The topological polar surface area (TPSA) is 47.2 Å². The molecule has 4 heteroatoms. The van der Waals surface area contributed by atoms with Crippen molar-refractivity contribution in [2.75, 3.05) is 0 Å². The minimum Gasteiger partial charge on any atom is -0.493 e. The molecule has 4 nitrogen and oxygen atoms in total. The first-order chi connectivity index (χ1) is 4.66. The largest absolute Gasteiger partial charge is 0.493 e. The summed E-state index contributed by atoms with van der Waals surface area (Å²) in [7, 11) is 1.61. The SMILES string of the molecule is CCn1c(O)cn(C)c1=O. The molecule has 0 aliphatic rings. The number of aromatic nitrogens is 2. The maximum Gasteiger partial charge on any atom is 0.330 e. The van der Waals surface area contributed by atoms with Crippen LogP contribution >= 0.6 is 0 Å². The molecular formula is C6H10N2O2. The maximum absolute atomic E-state index is 11.0. The van der Waals surface area contributed by atoms with Crippen LogP contribution in [0.4, 0.5) is 0 Å². The van der Waals surface area contributed by atoms with Gasteiger partial charge in [-0.3, -0.25) is 9.13 Å². The lowest BCUT2D eigenvalue weighted by Crippen LogP contribution is -2.20. The normalized spacial score (nSPS) is 10.2. The first kappa shape index (κ1) is 6.92. The Bertz CT molecular complexity index is 284. The molecule has 0 saturated heterocycles. The van der Waals surface area contributed by atoms with E-state index < -0.39 is 0 Å². The summed E-state index contributed by atoms with van der Waals surface area (Å²) in [6, 6.07) is 0. The fourth-order valence-electron chi connectivity index (χ4n) is 0.884. The van der Waals surface area contributed by atoms with Gasteiger partial charge < -0.3 is 5.11 Å². The molecule has 0 atom stereocenters. The van der Waals surface area contributed by atoms with Crippen molar-refractivity contribution in [2.45, 2.75) is 13.5 Å².